The quantitative estimate of drug-likeness (QED) is 0.674. The number of carbonyl (C=O) groups is 1. The largest absolute Gasteiger partial charge is 0.497 e. The highest BCUT2D eigenvalue weighted by atomic mass is 32.2. The van der Waals surface area contributed by atoms with Crippen LogP contribution < -0.4 is 19.1 Å². The highest BCUT2D eigenvalue weighted by Crippen LogP contribution is 2.28. The van der Waals surface area contributed by atoms with Crippen LogP contribution in [0.4, 0.5) is 5.69 Å². The summed E-state index contributed by atoms with van der Waals surface area (Å²) in [5.74, 6) is 0.772. The first-order valence-corrected chi connectivity index (χ1v) is 11.1. The van der Waals surface area contributed by atoms with Gasteiger partial charge in [-0.1, -0.05) is 31.2 Å². The summed E-state index contributed by atoms with van der Waals surface area (Å²) < 4.78 is 36.9. The molecule has 1 N–H and O–H groups in total. The molecule has 29 heavy (non-hydrogen) atoms. The van der Waals surface area contributed by atoms with Crippen LogP contribution in [0.25, 0.3) is 0 Å². The van der Waals surface area contributed by atoms with E-state index < -0.39 is 16.1 Å². The second kappa shape index (κ2) is 9.65. The van der Waals surface area contributed by atoms with Crippen molar-refractivity contribution in [2.45, 2.75) is 32.4 Å². The van der Waals surface area contributed by atoms with Gasteiger partial charge < -0.3 is 14.8 Å². The number of rotatable bonds is 9. The molecule has 0 radical (unpaired) electrons. The molecule has 8 heteroatoms. The number of ether oxygens (including phenoxy) is 2. The lowest BCUT2D eigenvalue weighted by Crippen LogP contribution is -2.49. The molecule has 1 amide bonds. The van der Waals surface area contributed by atoms with Crippen molar-refractivity contribution in [3.8, 4) is 11.5 Å². The average Bonchev–Trinajstić information content (AvgIpc) is 2.70. The van der Waals surface area contributed by atoms with Crippen LogP contribution in [0.5, 0.6) is 11.5 Å². The van der Waals surface area contributed by atoms with Gasteiger partial charge in [0.05, 0.1) is 32.2 Å². The van der Waals surface area contributed by atoms with E-state index in [2.05, 4.69) is 5.32 Å². The van der Waals surface area contributed by atoms with E-state index in [9.17, 15) is 13.2 Å². The molecule has 7 nitrogen and oxygen atoms in total. The second-order valence-corrected chi connectivity index (χ2v) is 8.52. The number of para-hydroxylation sites is 1. The molecule has 2 atom stereocenters. The van der Waals surface area contributed by atoms with E-state index in [1.165, 1.54) is 7.11 Å². The van der Waals surface area contributed by atoms with Crippen LogP contribution in [0.15, 0.2) is 48.5 Å². The predicted octanol–water partition coefficient (Wildman–Crippen LogP) is 3.13. The van der Waals surface area contributed by atoms with Crippen LogP contribution in [0.1, 0.15) is 31.9 Å². The van der Waals surface area contributed by atoms with Crippen LogP contribution in [-0.2, 0) is 14.8 Å². The van der Waals surface area contributed by atoms with Crippen LogP contribution in [0, 0.1) is 0 Å². The summed E-state index contributed by atoms with van der Waals surface area (Å²) in [7, 11) is -0.652. The van der Waals surface area contributed by atoms with Crippen LogP contribution in [-0.4, -0.2) is 40.8 Å². The van der Waals surface area contributed by atoms with Gasteiger partial charge in [-0.2, -0.15) is 0 Å². The molecule has 0 bridgehead atoms. The molecule has 2 aromatic rings. The third-order valence-corrected chi connectivity index (χ3v) is 5.78. The molecule has 0 heterocycles. The number of carbonyl (C=O) groups excluding carboxylic acids is 1. The van der Waals surface area contributed by atoms with Crippen molar-refractivity contribution in [3.05, 3.63) is 54.1 Å². The number of anilines is 1. The van der Waals surface area contributed by atoms with E-state index in [0.717, 1.165) is 16.1 Å². The van der Waals surface area contributed by atoms with Crippen molar-refractivity contribution in [1.29, 1.82) is 0 Å². The summed E-state index contributed by atoms with van der Waals surface area (Å²) in [6.07, 6.45) is 1.39. The maximum Gasteiger partial charge on any atom is 0.244 e. The van der Waals surface area contributed by atoms with Gasteiger partial charge >= 0.3 is 0 Å². The Morgan fingerprint density at radius 1 is 1.10 bits per heavy atom. The first-order valence-electron chi connectivity index (χ1n) is 9.29. The van der Waals surface area contributed by atoms with Gasteiger partial charge in [0, 0.05) is 11.6 Å². The molecule has 0 aliphatic rings. The molecule has 0 aromatic heterocycles. The predicted molar refractivity (Wildman–Crippen MR) is 114 cm³/mol. The van der Waals surface area contributed by atoms with Crippen molar-refractivity contribution in [2.75, 3.05) is 24.8 Å². The third-order valence-electron chi connectivity index (χ3n) is 4.60. The van der Waals surface area contributed by atoms with E-state index in [4.69, 9.17) is 9.47 Å². The Balaban J connectivity index is 2.35. The summed E-state index contributed by atoms with van der Waals surface area (Å²) in [6, 6.07) is 12.8. The Kier molecular flexibility index (Phi) is 7.50. The maximum absolute atomic E-state index is 13.1. The lowest BCUT2D eigenvalue weighted by molar-refractivity contribution is -0.122. The highest BCUT2D eigenvalue weighted by molar-refractivity contribution is 7.92. The summed E-state index contributed by atoms with van der Waals surface area (Å²) in [4.78, 5) is 13.1. The second-order valence-electron chi connectivity index (χ2n) is 6.66. The maximum atomic E-state index is 13.1. The summed E-state index contributed by atoms with van der Waals surface area (Å²) in [5.41, 5.74) is 1.18. The van der Waals surface area contributed by atoms with Gasteiger partial charge in [-0.3, -0.25) is 9.10 Å². The van der Waals surface area contributed by atoms with E-state index in [1.54, 1.807) is 38.3 Å². The minimum atomic E-state index is -3.72. The standard InChI is InChI=1S/C21H28N2O5S/c1-6-19(21(24)22-15(2)18-12-7-8-13-20(18)28-4)23(29(5,25)26)16-10-9-11-17(14-16)27-3/h7-15,19H,6H2,1-5H3,(H,22,24)/t15-,19+/m0/s1. The van der Waals surface area contributed by atoms with Gasteiger partial charge in [0.2, 0.25) is 15.9 Å². The molecule has 158 valence electrons. The average molecular weight is 421 g/mol. The first kappa shape index (κ1) is 22.5. The fourth-order valence-electron chi connectivity index (χ4n) is 3.22. The number of hydrogen-bond acceptors (Lipinski definition) is 5. The molecule has 0 saturated heterocycles. The van der Waals surface area contributed by atoms with Crippen molar-refractivity contribution >= 4 is 21.6 Å². The zero-order valence-electron chi connectivity index (χ0n) is 17.4. The first-order chi connectivity index (χ1) is 13.7. The summed E-state index contributed by atoms with van der Waals surface area (Å²) in [6.45, 7) is 3.61. The molecule has 2 rings (SSSR count). The molecular weight excluding hydrogens is 392 g/mol. The fraction of sp³-hybridized carbons (Fsp3) is 0.381. The molecule has 0 fully saturated rings. The van der Waals surface area contributed by atoms with Gasteiger partial charge in [-0.05, 0) is 31.5 Å². The number of benzene rings is 2. The number of hydrogen-bond donors (Lipinski definition) is 1. The molecule has 0 aliphatic carbocycles. The number of methoxy groups -OCH3 is 2. The molecule has 2 aromatic carbocycles. The zero-order chi connectivity index (χ0) is 21.6. The van der Waals surface area contributed by atoms with Crippen molar-refractivity contribution in [2.24, 2.45) is 0 Å². The normalized spacial score (nSPS) is 13.3. The Labute approximate surface area is 172 Å². The van der Waals surface area contributed by atoms with E-state index in [-0.39, 0.29) is 11.9 Å². The van der Waals surface area contributed by atoms with Crippen LogP contribution >= 0.6 is 0 Å². The Hall–Kier alpha value is -2.74. The third kappa shape index (κ3) is 5.41. The fourth-order valence-corrected chi connectivity index (χ4v) is 4.42. The van der Waals surface area contributed by atoms with Gasteiger partial charge in [-0.25, -0.2) is 8.42 Å². The zero-order valence-corrected chi connectivity index (χ0v) is 18.2. The van der Waals surface area contributed by atoms with Crippen LogP contribution in [0.3, 0.4) is 0 Å². The number of nitrogens with one attached hydrogen (secondary N) is 1. The van der Waals surface area contributed by atoms with Crippen LogP contribution in [0.2, 0.25) is 0 Å². The Morgan fingerprint density at radius 2 is 1.79 bits per heavy atom. The highest BCUT2D eigenvalue weighted by Gasteiger charge is 2.32. The smallest absolute Gasteiger partial charge is 0.244 e. The SMILES string of the molecule is CC[C@H](C(=O)N[C@@H](C)c1ccccc1OC)N(c1cccc(OC)c1)S(C)(=O)=O. The number of amides is 1. The number of nitrogens with zero attached hydrogens (tertiary/aromatic N) is 1. The lowest BCUT2D eigenvalue weighted by atomic mass is 10.1. The van der Waals surface area contributed by atoms with Gasteiger partial charge in [0.15, 0.2) is 0 Å². The van der Waals surface area contributed by atoms with Crippen molar-refractivity contribution < 1.29 is 22.7 Å². The van der Waals surface area contributed by atoms with Gasteiger partial charge in [0.25, 0.3) is 0 Å². The van der Waals surface area contributed by atoms with E-state index in [0.29, 0.717) is 23.6 Å². The molecule has 0 saturated carbocycles. The summed E-state index contributed by atoms with van der Waals surface area (Å²) in [5, 5.41) is 2.92. The minimum absolute atomic E-state index is 0.300. The Bertz CT molecular complexity index is 946. The monoisotopic (exact) mass is 420 g/mol. The van der Waals surface area contributed by atoms with Gasteiger partial charge in [-0.15, -0.1) is 0 Å². The Morgan fingerprint density at radius 3 is 2.38 bits per heavy atom. The molecule has 0 unspecified atom stereocenters. The van der Waals surface area contributed by atoms with Crippen molar-refractivity contribution in [3.63, 3.8) is 0 Å². The van der Waals surface area contributed by atoms with E-state index >= 15 is 0 Å². The number of sulfonamides is 1. The molecule has 0 spiro atoms. The minimum Gasteiger partial charge on any atom is -0.497 e. The molecule has 0 aliphatic heterocycles. The summed E-state index contributed by atoms with van der Waals surface area (Å²) >= 11 is 0. The topological polar surface area (TPSA) is 84.9 Å². The van der Waals surface area contributed by atoms with Crippen molar-refractivity contribution in [1.82, 2.24) is 5.32 Å². The lowest BCUT2D eigenvalue weighted by Gasteiger charge is -2.31. The van der Waals surface area contributed by atoms with Gasteiger partial charge in [0.1, 0.15) is 17.5 Å². The molecular formula is C21H28N2O5S. The van der Waals surface area contributed by atoms with E-state index in [1.807, 2.05) is 31.2 Å².